The summed E-state index contributed by atoms with van der Waals surface area (Å²) in [6.45, 7) is 18.7. The summed E-state index contributed by atoms with van der Waals surface area (Å²) >= 11 is 2.06. The summed E-state index contributed by atoms with van der Waals surface area (Å²) in [5.41, 5.74) is 0. The number of rotatable bonds is 5. The van der Waals surface area contributed by atoms with Crippen LogP contribution in [0.25, 0.3) is 0 Å². The predicted octanol–water partition coefficient (Wildman–Crippen LogP) is 4.85. The van der Waals surface area contributed by atoms with Gasteiger partial charge in [-0.15, -0.1) is 0 Å². The summed E-state index contributed by atoms with van der Waals surface area (Å²) in [5.74, 6) is -0.156. The maximum atomic E-state index is 13.1. The van der Waals surface area contributed by atoms with E-state index in [0.29, 0.717) is 19.3 Å². The number of alkyl halides is 1. The van der Waals surface area contributed by atoms with Gasteiger partial charge in [-0.1, -0.05) is 34.6 Å². The van der Waals surface area contributed by atoms with E-state index >= 15 is 0 Å². The lowest BCUT2D eigenvalue weighted by Gasteiger charge is -2.45. The van der Waals surface area contributed by atoms with Crippen LogP contribution in [-0.2, 0) is 9.22 Å². The maximum absolute atomic E-state index is 13.1. The van der Waals surface area contributed by atoms with E-state index in [-0.39, 0.29) is 21.8 Å². The van der Waals surface area contributed by atoms with Gasteiger partial charge in [0, 0.05) is 12.3 Å². The first kappa shape index (κ1) is 23.8. The Morgan fingerprint density at radius 3 is 2.04 bits per heavy atom. The lowest BCUT2D eigenvalue weighted by molar-refractivity contribution is -0.138. The first-order valence-corrected chi connectivity index (χ1v) is 16.1. The van der Waals surface area contributed by atoms with Crippen molar-refractivity contribution in [2.75, 3.05) is 0 Å². The lowest BCUT2D eigenvalue weighted by atomic mass is 9.79. The van der Waals surface area contributed by atoms with E-state index in [0.717, 1.165) is 0 Å². The molecule has 1 fully saturated rings. The van der Waals surface area contributed by atoms with Crippen molar-refractivity contribution in [3.63, 3.8) is 0 Å². The smallest absolute Gasteiger partial charge is 0.193 e. The van der Waals surface area contributed by atoms with Gasteiger partial charge in [-0.25, -0.2) is 0 Å². The minimum atomic E-state index is -2.41. The van der Waals surface area contributed by atoms with Gasteiger partial charge in [0.25, 0.3) is 0 Å². The van der Waals surface area contributed by atoms with E-state index in [1.165, 1.54) is 0 Å². The Labute approximate surface area is 169 Å². The topological polar surface area (TPSA) is 66.8 Å². The largest absolute Gasteiger partial charge is 0.432 e. The summed E-state index contributed by atoms with van der Waals surface area (Å²) in [6, 6.07) is 0. The van der Waals surface area contributed by atoms with E-state index in [1.54, 1.807) is 0 Å². The molecule has 0 aliphatic heterocycles. The molecule has 0 aromatic carbocycles. The van der Waals surface area contributed by atoms with Crippen molar-refractivity contribution in [2.45, 2.75) is 99.9 Å². The third-order valence-electron chi connectivity index (χ3n) is 6.43. The van der Waals surface area contributed by atoms with Gasteiger partial charge in [-0.2, -0.15) is 0 Å². The van der Waals surface area contributed by atoms with Gasteiger partial charge in [-0.3, -0.25) is 4.79 Å². The fraction of sp³-hybridized carbons (Fsp3) is 0.944. The van der Waals surface area contributed by atoms with E-state index in [4.69, 9.17) is 4.43 Å². The van der Waals surface area contributed by atoms with E-state index in [2.05, 4.69) is 56.5 Å². The standard InChI is InChI=1S/C18H37IO4Si2/c1-16(2,3)25(8,9)23-14-12-18(19,21)11-13(15(14)20)10-17(4,5)24(6,7)22/h13-14,21-22H,10-12H2,1-9H3/t13-,14-,18+/m1/s1. The minimum Gasteiger partial charge on any atom is -0.432 e. The molecule has 1 aliphatic carbocycles. The minimum absolute atomic E-state index is 0.0168. The van der Waals surface area contributed by atoms with Gasteiger partial charge >= 0.3 is 0 Å². The third kappa shape index (κ3) is 5.84. The van der Waals surface area contributed by atoms with Gasteiger partial charge in [0.15, 0.2) is 22.4 Å². The van der Waals surface area contributed by atoms with Gasteiger partial charge in [-0.05, 0) is 71.7 Å². The number of hydrogen-bond donors (Lipinski definition) is 2. The SMILES string of the molecule is CC(C)(C[C@@H]1C[C@@](O)(I)C[C@@H](O[Si](C)(C)C(C)(C)C)C1=O)[Si](C)(C)O. The summed E-state index contributed by atoms with van der Waals surface area (Å²) < 4.78 is 5.46. The monoisotopic (exact) mass is 500 g/mol. The van der Waals surface area contributed by atoms with Crippen molar-refractivity contribution < 1.29 is 19.1 Å². The van der Waals surface area contributed by atoms with Crippen molar-refractivity contribution in [3.05, 3.63) is 0 Å². The summed E-state index contributed by atoms with van der Waals surface area (Å²) in [5, 5.41) is 10.5. The van der Waals surface area contributed by atoms with Crippen LogP contribution in [0.4, 0.5) is 0 Å². The Bertz CT molecular complexity index is 462. The number of aliphatic hydroxyl groups is 1. The molecule has 0 spiro atoms. The Morgan fingerprint density at radius 1 is 1.16 bits per heavy atom. The van der Waals surface area contributed by atoms with Crippen LogP contribution >= 0.6 is 22.6 Å². The van der Waals surface area contributed by atoms with Crippen molar-refractivity contribution in [1.82, 2.24) is 0 Å². The highest BCUT2D eigenvalue weighted by molar-refractivity contribution is 14.1. The number of Topliss-reactive ketones (excluding diaryl/α,β-unsaturated/α-hetero) is 1. The molecule has 3 atom stereocenters. The second kappa shape index (κ2) is 7.27. The summed E-state index contributed by atoms with van der Waals surface area (Å²) in [4.78, 5) is 23.7. The molecule has 0 heterocycles. The van der Waals surface area contributed by atoms with Crippen LogP contribution in [0, 0.1) is 5.92 Å². The van der Waals surface area contributed by atoms with E-state index < -0.39 is 26.3 Å². The molecule has 1 rings (SSSR count). The van der Waals surface area contributed by atoms with E-state index in [1.807, 2.05) is 26.9 Å². The third-order valence-corrected chi connectivity index (χ3v) is 15.3. The van der Waals surface area contributed by atoms with Crippen LogP contribution in [0.1, 0.15) is 53.9 Å². The zero-order valence-electron chi connectivity index (χ0n) is 17.4. The predicted molar refractivity (Wildman–Crippen MR) is 117 cm³/mol. The molecule has 0 aromatic rings. The Kier molecular flexibility index (Phi) is 6.91. The van der Waals surface area contributed by atoms with Gasteiger partial charge < -0.3 is 14.3 Å². The van der Waals surface area contributed by atoms with Crippen LogP contribution in [0.2, 0.25) is 36.3 Å². The molecule has 1 aliphatic rings. The van der Waals surface area contributed by atoms with Crippen molar-refractivity contribution in [1.29, 1.82) is 0 Å². The molecule has 0 amide bonds. The first-order valence-electron chi connectivity index (χ1n) is 9.14. The van der Waals surface area contributed by atoms with Gasteiger partial charge in [0.1, 0.15) is 9.71 Å². The molecule has 0 radical (unpaired) electrons. The number of ketones is 1. The lowest BCUT2D eigenvalue weighted by Crippen LogP contribution is -2.53. The average Bonchev–Trinajstić information content (AvgIpc) is 2.30. The van der Waals surface area contributed by atoms with Crippen molar-refractivity contribution in [2.24, 2.45) is 5.92 Å². The summed E-state index contributed by atoms with van der Waals surface area (Å²) in [7, 11) is -4.51. The fourth-order valence-electron chi connectivity index (χ4n) is 2.88. The average molecular weight is 501 g/mol. The zero-order valence-corrected chi connectivity index (χ0v) is 21.5. The molecule has 1 saturated carbocycles. The molecule has 0 aromatic heterocycles. The molecule has 0 bridgehead atoms. The number of carbonyl (C=O) groups is 1. The molecular formula is C18H37IO4Si2. The molecule has 0 unspecified atom stereocenters. The molecule has 4 nitrogen and oxygen atoms in total. The highest BCUT2D eigenvalue weighted by Crippen LogP contribution is 2.48. The quantitative estimate of drug-likeness (QED) is 0.322. The molecule has 7 heteroatoms. The Morgan fingerprint density at radius 2 is 1.64 bits per heavy atom. The van der Waals surface area contributed by atoms with Crippen LogP contribution in [0.15, 0.2) is 0 Å². The highest BCUT2D eigenvalue weighted by atomic mass is 127. The second-order valence-electron chi connectivity index (χ2n) is 10.4. The first-order chi connectivity index (χ1) is 10.8. The molecule has 2 N–H and O–H groups in total. The van der Waals surface area contributed by atoms with E-state index in [9.17, 15) is 14.7 Å². The van der Waals surface area contributed by atoms with Crippen LogP contribution in [0.3, 0.4) is 0 Å². The number of halogens is 1. The maximum Gasteiger partial charge on any atom is 0.193 e. The van der Waals surface area contributed by atoms with Crippen LogP contribution in [-0.4, -0.2) is 42.0 Å². The van der Waals surface area contributed by atoms with Crippen molar-refractivity contribution >= 4 is 45.0 Å². The number of carbonyl (C=O) groups excluding carboxylic acids is 1. The molecule has 0 saturated heterocycles. The Hall–Kier alpha value is 0.714. The molecular weight excluding hydrogens is 463 g/mol. The van der Waals surface area contributed by atoms with Gasteiger partial charge in [0.2, 0.25) is 0 Å². The van der Waals surface area contributed by atoms with Crippen LogP contribution in [0.5, 0.6) is 0 Å². The Balaban J connectivity index is 3.06. The molecule has 25 heavy (non-hydrogen) atoms. The number of hydrogen-bond acceptors (Lipinski definition) is 4. The normalized spacial score (nSPS) is 29.8. The highest BCUT2D eigenvalue weighted by Gasteiger charge is 2.50. The van der Waals surface area contributed by atoms with Crippen molar-refractivity contribution in [3.8, 4) is 0 Å². The van der Waals surface area contributed by atoms with Gasteiger partial charge in [0.05, 0.1) is 0 Å². The van der Waals surface area contributed by atoms with Crippen LogP contribution < -0.4 is 0 Å². The summed E-state index contributed by atoms with van der Waals surface area (Å²) in [6.07, 6.45) is 0.860. The molecule has 148 valence electrons. The fourth-order valence-corrected chi connectivity index (χ4v) is 5.82. The zero-order chi connectivity index (χ0) is 20.1. The second-order valence-corrected chi connectivity index (χ2v) is 21.7.